The van der Waals surface area contributed by atoms with Crippen LogP contribution in [0.25, 0.3) is 5.57 Å². The minimum Gasteiger partial charge on any atom is -0.347 e. The number of fused-ring (bicyclic) bond motifs is 1. The van der Waals surface area contributed by atoms with Gasteiger partial charge in [-0.15, -0.1) is 11.3 Å². The Bertz CT molecular complexity index is 929. The van der Waals surface area contributed by atoms with Crippen LogP contribution in [0, 0.1) is 5.92 Å². The van der Waals surface area contributed by atoms with Gasteiger partial charge in [-0.25, -0.2) is 4.98 Å². The fourth-order valence-electron chi connectivity index (χ4n) is 2.92. The van der Waals surface area contributed by atoms with Crippen LogP contribution < -0.4 is 5.32 Å². The van der Waals surface area contributed by atoms with E-state index in [0.29, 0.717) is 21.8 Å². The number of aromatic nitrogens is 1. The van der Waals surface area contributed by atoms with E-state index in [1.807, 2.05) is 19.9 Å². The molecule has 8 heteroatoms. The second kappa shape index (κ2) is 7.26. The Morgan fingerprint density at radius 1 is 1.33 bits per heavy atom. The molecule has 0 saturated carbocycles. The molecule has 4 nitrogen and oxygen atoms in total. The van der Waals surface area contributed by atoms with E-state index >= 15 is 0 Å². The summed E-state index contributed by atoms with van der Waals surface area (Å²) in [6, 6.07) is 5.15. The number of carbonyl (C=O) groups excluding carboxylic acids is 2. The lowest BCUT2D eigenvalue weighted by molar-refractivity contribution is -0.137. The fourth-order valence-corrected chi connectivity index (χ4v) is 3.64. The molecule has 3 rings (SSSR count). The average Bonchev–Trinajstić information content (AvgIpc) is 3.07. The molecular weight excluding hydrogens is 377 g/mol. The molecule has 0 atom stereocenters. The third kappa shape index (κ3) is 4.27. The second-order valence-electron chi connectivity index (χ2n) is 6.58. The summed E-state index contributed by atoms with van der Waals surface area (Å²) in [5, 5.41) is 1.66. The maximum absolute atomic E-state index is 12.6. The summed E-state index contributed by atoms with van der Waals surface area (Å²) in [7, 11) is 0. The fraction of sp³-hybridized carbons (Fsp3) is 0.316. The van der Waals surface area contributed by atoms with Crippen molar-refractivity contribution in [1.29, 1.82) is 0 Å². The molecule has 0 bridgehead atoms. The van der Waals surface area contributed by atoms with E-state index in [2.05, 4.69) is 10.3 Å². The van der Waals surface area contributed by atoms with E-state index in [0.717, 1.165) is 22.9 Å². The molecule has 1 amide bonds. The molecule has 0 radical (unpaired) electrons. The number of hydrogen-bond donors (Lipinski definition) is 1. The van der Waals surface area contributed by atoms with E-state index < -0.39 is 17.1 Å². The normalized spacial score (nSPS) is 14.1. The van der Waals surface area contributed by atoms with Gasteiger partial charge in [-0.05, 0) is 40.8 Å². The topological polar surface area (TPSA) is 59.1 Å². The number of hydrogen-bond acceptors (Lipinski definition) is 4. The number of thiazole rings is 1. The Hall–Kier alpha value is -2.48. The third-order valence-electron chi connectivity index (χ3n) is 4.20. The highest BCUT2D eigenvalue weighted by Gasteiger charge is 2.34. The minimum atomic E-state index is -4.49. The molecule has 27 heavy (non-hydrogen) atoms. The van der Waals surface area contributed by atoms with Crippen molar-refractivity contribution in [1.82, 2.24) is 10.3 Å². The zero-order valence-electron chi connectivity index (χ0n) is 14.7. The molecule has 0 saturated heterocycles. The Morgan fingerprint density at radius 3 is 2.70 bits per heavy atom. The van der Waals surface area contributed by atoms with Crippen molar-refractivity contribution >= 4 is 28.6 Å². The molecule has 1 aliphatic carbocycles. The van der Waals surface area contributed by atoms with Crippen LogP contribution in [0.15, 0.2) is 30.5 Å². The Morgan fingerprint density at radius 2 is 2.07 bits per heavy atom. The summed E-state index contributed by atoms with van der Waals surface area (Å²) in [6.07, 6.45) is -1.50. The van der Waals surface area contributed by atoms with Gasteiger partial charge in [0.2, 0.25) is 0 Å². The highest BCUT2D eigenvalue weighted by Crippen LogP contribution is 2.33. The first kappa shape index (κ1) is 19.3. The summed E-state index contributed by atoms with van der Waals surface area (Å²) in [5.41, 5.74) is 3.05. The molecule has 1 N–H and O–H groups in total. The number of rotatable bonds is 4. The van der Waals surface area contributed by atoms with E-state index in [4.69, 9.17) is 0 Å². The molecule has 1 heterocycles. The van der Waals surface area contributed by atoms with Gasteiger partial charge in [-0.1, -0.05) is 19.9 Å². The number of nitrogens with zero attached hydrogens (tertiary/aromatic N) is 1. The number of allylic oxidation sites excluding steroid dienone is 2. The van der Waals surface area contributed by atoms with Crippen LogP contribution in [-0.4, -0.2) is 16.7 Å². The zero-order chi connectivity index (χ0) is 19.8. The van der Waals surface area contributed by atoms with Crippen molar-refractivity contribution in [2.75, 3.05) is 0 Å². The van der Waals surface area contributed by atoms with Crippen molar-refractivity contribution in [3.05, 3.63) is 57.0 Å². The van der Waals surface area contributed by atoms with Crippen molar-refractivity contribution in [2.24, 2.45) is 5.92 Å². The van der Waals surface area contributed by atoms with Crippen molar-refractivity contribution in [3.63, 3.8) is 0 Å². The number of alkyl halides is 3. The molecule has 0 unspecified atom stereocenters. The van der Waals surface area contributed by atoms with Crippen LogP contribution >= 0.6 is 11.3 Å². The highest BCUT2D eigenvalue weighted by atomic mass is 32.1. The summed E-state index contributed by atoms with van der Waals surface area (Å²) < 4.78 is 37.7. The first-order chi connectivity index (χ1) is 12.6. The average molecular weight is 394 g/mol. The van der Waals surface area contributed by atoms with Gasteiger partial charge in [0.05, 0.1) is 6.54 Å². The van der Waals surface area contributed by atoms with Gasteiger partial charge < -0.3 is 5.32 Å². The monoisotopic (exact) mass is 394 g/mol. The van der Waals surface area contributed by atoms with Crippen LogP contribution in [0.1, 0.15) is 45.2 Å². The van der Waals surface area contributed by atoms with Crippen LogP contribution in [0.3, 0.4) is 0 Å². The molecule has 1 aromatic carbocycles. The molecule has 2 aromatic rings. The van der Waals surface area contributed by atoms with Gasteiger partial charge in [0, 0.05) is 23.1 Å². The number of halogens is 3. The van der Waals surface area contributed by atoms with Crippen LogP contribution in [0.2, 0.25) is 0 Å². The standard InChI is InChI=1S/C19H17F3N2O2S/c1-10(2)16-7-13(25)6-12-5-11(3-4-15(12)16)17(26)23-8-14-9-24-18(27-14)19(20,21)22/h3-5,7,9-10H,6,8H2,1-2H3,(H,23,26). The summed E-state index contributed by atoms with van der Waals surface area (Å²) in [4.78, 5) is 27.9. The van der Waals surface area contributed by atoms with Crippen molar-refractivity contribution < 1.29 is 22.8 Å². The van der Waals surface area contributed by atoms with Gasteiger partial charge >= 0.3 is 6.18 Å². The first-order valence-corrected chi connectivity index (χ1v) is 9.14. The van der Waals surface area contributed by atoms with Crippen LogP contribution in [-0.2, 0) is 23.9 Å². The van der Waals surface area contributed by atoms with Gasteiger partial charge in [0.25, 0.3) is 5.91 Å². The second-order valence-corrected chi connectivity index (χ2v) is 7.70. The number of amides is 1. The Balaban J connectivity index is 1.73. The number of carbonyl (C=O) groups is 2. The van der Waals surface area contributed by atoms with Crippen molar-refractivity contribution in [2.45, 2.75) is 33.0 Å². The molecule has 0 aliphatic heterocycles. The maximum atomic E-state index is 12.6. The SMILES string of the molecule is CC(C)C1=CC(=O)Cc2cc(C(=O)NCc3cnc(C(F)(F)F)s3)ccc21. The smallest absolute Gasteiger partial charge is 0.347 e. The van der Waals surface area contributed by atoms with Crippen LogP contribution in [0.5, 0.6) is 0 Å². The van der Waals surface area contributed by atoms with E-state index in [1.165, 1.54) is 0 Å². The predicted octanol–water partition coefficient (Wildman–Crippen LogP) is 4.26. The molecule has 0 spiro atoms. The lowest BCUT2D eigenvalue weighted by atomic mass is 9.84. The summed E-state index contributed by atoms with van der Waals surface area (Å²) in [6.45, 7) is 3.96. The molecule has 142 valence electrons. The molecule has 1 aromatic heterocycles. The van der Waals surface area contributed by atoms with Crippen LogP contribution in [0.4, 0.5) is 13.2 Å². The van der Waals surface area contributed by atoms with E-state index in [-0.39, 0.29) is 24.7 Å². The Kier molecular flexibility index (Phi) is 5.19. The minimum absolute atomic E-state index is 0.00639. The third-order valence-corrected chi connectivity index (χ3v) is 5.24. The lowest BCUT2D eigenvalue weighted by Crippen LogP contribution is -2.23. The van der Waals surface area contributed by atoms with Gasteiger partial charge in [0.1, 0.15) is 0 Å². The zero-order valence-corrected chi connectivity index (χ0v) is 15.5. The number of nitrogens with one attached hydrogen (secondary N) is 1. The van der Waals surface area contributed by atoms with E-state index in [9.17, 15) is 22.8 Å². The van der Waals surface area contributed by atoms with E-state index in [1.54, 1.807) is 18.2 Å². The van der Waals surface area contributed by atoms with Gasteiger partial charge in [0.15, 0.2) is 10.8 Å². The number of benzene rings is 1. The predicted molar refractivity (Wildman–Crippen MR) is 96.3 cm³/mol. The summed E-state index contributed by atoms with van der Waals surface area (Å²) >= 11 is 0.501. The highest BCUT2D eigenvalue weighted by molar-refractivity contribution is 7.11. The Labute approximate surface area is 158 Å². The lowest BCUT2D eigenvalue weighted by Gasteiger charge is -2.20. The molecular formula is C19H17F3N2O2S. The quantitative estimate of drug-likeness (QED) is 0.843. The van der Waals surface area contributed by atoms with Gasteiger partial charge in [-0.2, -0.15) is 13.2 Å². The summed E-state index contributed by atoms with van der Waals surface area (Å²) in [5.74, 6) is -0.234. The maximum Gasteiger partial charge on any atom is 0.443 e. The van der Waals surface area contributed by atoms with Crippen molar-refractivity contribution in [3.8, 4) is 0 Å². The first-order valence-electron chi connectivity index (χ1n) is 8.33. The molecule has 1 aliphatic rings. The largest absolute Gasteiger partial charge is 0.443 e. The number of ketones is 1. The van der Waals surface area contributed by atoms with Gasteiger partial charge in [-0.3, -0.25) is 9.59 Å². The molecule has 0 fully saturated rings.